The van der Waals surface area contributed by atoms with E-state index in [1.807, 2.05) is 6.92 Å². The summed E-state index contributed by atoms with van der Waals surface area (Å²) in [4.78, 5) is 37.0. The van der Waals surface area contributed by atoms with Crippen LogP contribution in [0.2, 0.25) is 0 Å². The third-order valence-corrected chi connectivity index (χ3v) is 6.03. The first-order valence-electron chi connectivity index (χ1n) is 8.77. The van der Waals surface area contributed by atoms with Gasteiger partial charge in [0, 0.05) is 5.41 Å². The zero-order valence-electron chi connectivity index (χ0n) is 15.3. The molecule has 0 aromatic carbocycles. The van der Waals surface area contributed by atoms with Crippen LogP contribution >= 0.6 is 0 Å². The summed E-state index contributed by atoms with van der Waals surface area (Å²) in [5, 5.41) is 0. The molecule has 0 heterocycles. The summed E-state index contributed by atoms with van der Waals surface area (Å²) in [6.45, 7) is 10.2. The summed E-state index contributed by atoms with van der Waals surface area (Å²) in [6.07, 6.45) is 3.40. The molecule has 24 heavy (non-hydrogen) atoms. The zero-order chi connectivity index (χ0) is 18.1. The minimum absolute atomic E-state index is 0.0900. The first-order chi connectivity index (χ1) is 11.2. The molecule has 2 bridgehead atoms. The number of rotatable bonds is 6. The van der Waals surface area contributed by atoms with Gasteiger partial charge in [-0.1, -0.05) is 26.8 Å². The number of Topliss-reactive ketones (excluding diaryl/α,β-unsaturated/α-hetero) is 1. The molecule has 2 fully saturated rings. The van der Waals surface area contributed by atoms with Gasteiger partial charge < -0.3 is 9.47 Å². The minimum atomic E-state index is -0.762. The van der Waals surface area contributed by atoms with Crippen LogP contribution in [0, 0.1) is 22.7 Å². The van der Waals surface area contributed by atoms with E-state index in [2.05, 4.69) is 13.8 Å². The van der Waals surface area contributed by atoms with Crippen molar-refractivity contribution in [3.05, 3.63) is 11.6 Å². The summed E-state index contributed by atoms with van der Waals surface area (Å²) in [5.74, 6) is -1.44. The molecular weight excluding hydrogens is 308 g/mol. The summed E-state index contributed by atoms with van der Waals surface area (Å²) < 4.78 is 10.0. The zero-order valence-corrected chi connectivity index (χ0v) is 15.3. The maximum Gasteiger partial charge on any atom is 0.313 e. The number of ketones is 1. The fourth-order valence-electron chi connectivity index (χ4n) is 4.20. The largest absolute Gasteiger partial charge is 0.466 e. The van der Waals surface area contributed by atoms with E-state index in [-0.39, 0.29) is 42.2 Å². The van der Waals surface area contributed by atoms with E-state index in [0.29, 0.717) is 5.57 Å². The molecule has 5 nitrogen and oxygen atoms in total. The molecule has 2 aliphatic rings. The van der Waals surface area contributed by atoms with E-state index < -0.39 is 17.9 Å². The van der Waals surface area contributed by atoms with Gasteiger partial charge >= 0.3 is 11.9 Å². The van der Waals surface area contributed by atoms with E-state index in [4.69, 9.17) is 9.47 Å². The molecule has 5 heteroatoms. The minimum Gasteiger partial charge on any atom is -0.466 e. The highest BCUT2D eigenvalue weighted by atomic mass is 16.5. The maximum atomic E-state index is 12.9. The summed E-state index contributed by atoms with van der Waals surface area (Å²) in [5.41, 5.74) is 0.183. The number of fused-ring (bicyclic) bond motifs is 2. The topological polar surface area (TPSA) is 69.7 Å². The van der Waals surface area contributed by atoms with Gasteiger partial charge in [0.05, 0.1) is 25.6 Å². The van der Waals surface area contributed by atoms with Crippen molar-refractivity contribution in [2.75, 3.05) is 13.2 Å². The van der Waals surface area contributed by atoms with Crippen molar-refractivity contribution in [1.29, 1.82) is 0 Å². The Morgan fingerprint density at radius 2 is 1.83 bits per heavy atom. The lowest BCUT2D eigenvalue weighted by Crippen LogP contribution is -2.32. The Bertz CT molecular complexity index is 574. The second-order valence-electron chi connectivity index (χ2n) is 7.46. The van der Waals surface area contributed by atoms with Crippen LogP contribution in [0.25, 0.3) is 0 Å². The monoisotopic (exact) mass is 336 g/mol. The lowest BCUT2D eigenvalue weighted by atomic mass is 9.70. The normalized spacial score (nSPS) is 30.5. The van der Waals surface area contributed by atoms with Gasteiger partial charge in [0.2, 0.25) is 0 Å². The van der Waals surface area contributed by atoms with Crippen LogP contribution in [0.4, 0.5) is 0 Å². The lowest BCUT2D eigenvalue weighted by molar-refractivity contribution is -0.153. The van der Waals surface area contributed by atoms with Gasteiger partial charge in [0.25, 0.3) is 0 Å². The number of hydrogen-bond donors (Lipinski definition) is 0. The molecule has 0 amide bonds. The third kappa shape index (κ3) is 2.89. The highest BCUT2D eigenvalue weighted by Crippen LogP contribution is 2.65. The number of hydrogen-bond acceptors (Lipinski definition) is 5. The van der Waals surface area contributed by atoms with Crippen molar-refractivity contribution in [2.24, 2.45) is 22.7 Å². The van der Waals surface area contributed by atoms with Crippen molar-refractivity contribution < 1.29 is 23.9 Å². The summed E-state index contributed by atoms with van der Waals surface area (Å²) >= 11 is 0. The van der Waals surface area contributed by atoms with Crippen molar-refractivity contribution in [2.45, 2.75) is 53.9 Å². The van der Waals surface area contributed by atoms with Crippen molar-refractivity contribution >= 4 is 17.7 Å². The van der Waals surface area contributed by atoms with Crippen LogP contribution in [0.3, 0.4) is 0 Å². The molecule has 0 spiro atoms. The molecule has 134 valence electrons. The van der Waals surface area contributed by atoms with E-state index in [1.54, 1.807) is 19.9 Å². The molecule has 0 aliphatic heterocycles. The Balaban J connectivity index is 2.31. The Hall–Kier alpha value is -1.65. The molecular formula is C19H28O5. The summed E-state index contributed by atoms with van der Waals surface area (Å²) in [7, 11) is 0. The maximum absolute atomic E-state index is 12.9. The number of ether oxygens (including phenoxy) is 2. The Kier molecular flexibility index (Phi) is 5.21. The molecule has 0 aromatic heterocycles. The van der Waals surface area contributed by atoms with Gasteiger partial charge in [-0.05, 0) is 43.6 Å². The predicted molar refractivity (Wildman–Crippen MR) is 89.1 cm³/mol. The van der Waals surface area contributed by atoms with Crippen molar-refractivity contribution in [3.8, 4) is 0 Å². The smallest absolute Gasteiger partial charge is 0.313 e. The third-order valence-electron chi connectivity index (χ3n) is 6.03. The SMILES string of the molecule is CCOC(=O)C[C@H](/C=C1\C(=O)[C@@]2(C)CC[C@H]1C2(C)C)C(=O)OCC. The van der Waals surface area contributed by atoms with Gasteiger partial charge in [-0.15, -0.1) is 0 Å². The second-order valence-corrected chi connectivity index (χ2v) is 7.46. The number of carbonyl (C=O) groups is 3. The van der Waals surface area contributed by atoms with E-state index in [1.165, 1.54) is 0 Å². The van der Waals surface area contributed by atoms with Gasteiger partial charge in [-0.2, -0.15) is 0 Å². The Morgan fingerprint density at radius 3 is 2.33 bits per heavy atom. The molecule has 3 atom stereocenters. The Labute approximate surface area is 143 Å². The number of carbonyl (C=O) groups excluding carboxylic acids is 3. The highest BCUT2D eigenvalue weighted by molar-refractivity contribution is 6.05. The van der Waals surface area contributed by atoms with Crippen LogP contribution in [0.5, 0.6) is 0 Å². The lowest BCUT2D eigenvalue weighted by Gasteiger charge is -2.31. The quantitative estimate of drug-likeness (QED) is 0.551. The molecule has 2 rings (SSSR count). The van der Waals surface area contributed by atoms with Crippen LogP contribution < -0.4 is 0 Å². The predicted octanol–water partition coefficient (Wildman–Crippen LogP) is 3.07. The van der Waals surface area contributed by atoms with Gasteiger partial charge in [0.15, 0.2) is 5.78 Å². The first kappa shape index (κ1) is 18.7. The number of esters is 2. The van der Waals surface area contributed by atoms with Crippen LogP contribution in [-0.2, 0) is 23.9 Å². The fraction of sp³-hybridized carbons (Fsp3) is 0.737. The molecule has 0 radical (unpaired) electrons. The van der Waals surface area contributed by atoms with Gasteiger partial charge in [-0.25, -0.2) is 0 Å². The van der Waals surface area contributed by atoms with Crippen molar-refractivity contribution in [3.63, 3.8) is 0 Å². The average Bonchev–Trinajstić information content (AvgIpc) is 2.81. The van der Waals surface area contributed by atoms with E-state index in [9.17, 15) is 14.4 Å². The second kappa shape index (κ2) is 6.69. The van der Waals surface area contributed by atoms with E-state index in [0.717, 1.165) is 12.8 Å². The fourth-order valence-corrected chi connectivity index (χ4v) is 4.20. The first-order valence-corrected chi connectivity index (χ1v) is 8.77. The van der Waals surface area contributed by atoms with Crippen LogP contribution in [0.15, 0.2) is 11.6 Å². The Morgan fingerprint density at radius 1 is 1.21 bits per heavy atom. The van der Waals surface area contributed by atoms with Crippen molar-refractivity contribution in [1.82, 2.24) is 0 Å². The molecule has 0 saturated heterocycles. The molecule has 0 aromatic rings. The van der Waals surface area contributed by atoms with Gasteiger partial charge in [-0.3, -0.25) is 14.4 Å². The van der Waals surface area contributed by atoms with Crippen LogP contribution in [-0.4, -0.2) is 30.9 Å². The number of allylic oxidation sites excluding steroid dienone is 1. The molecule has 2 saturated carbocycles. The average molecular weight is 336 g/mol. The molecule has 0 N–H and O–H groups in total. The molecule has 2 aliphatic carbocycles. The highest BCUT2D eigenvalue weighted by Gasteiger charge is 2.64. The van der Waals surface area contributed by atoms with Gasteiger partial charge in [0.1, 0.15) is 0 Å². The molecule has 0 unspecified atom stereocenters. The van der Waals surface area contributed by atoms with E-state index >= 15 is 0 Å². The van der Waals surface area contributed by atoms with Crippen LogP contribution in [0.1, 0.15) is 53.9 Å². The standard InChI is InChI=1S/C19H28O5/c1-6-23-15(20)11-12(17(22)24-7-2)10-13-14-8-9-19(5,16(13)21)18(14,3)4/h10,12,14H,6-9,11H2,1-5H3/b13-10-/t12-,14+,19+/m0/s1. The summed E-state index contributed by atoms with van der Waals surface area (Å²) in [6, 6.07) is 0.